The Bertz CT molecular complexity index is 117. The average Bonchev–Trinajstić information content (AvgIpc) is 2.11. The van der Waals surface area contributed by atoms with E-state index in [0.717, 1.165) is 13.3 Å². The molecular formula is C8H17NO. The molecule has 1 aliphatic heterocycles. The third kappa shape index (κ3) is 1.50. The lowest BCUT2D eigenvalue weighted by Gasteiger charge is -2.30. The van der Waals surface area contributed by atoms with Crippen molar-refractivity contribution < 1.29 is 4.74 Å². The number of rotatable bonds is 0. The van der Waals surface area contributed by atoms with E-state index in [4.69, 9.17) is 4.74 Å². The van der Waals surface area contributed by atoms with E-state index in [1.54, 1.807) is 0 Å². The Morgan fingerprint density at radius 3 is 2.20 bits per heavy atom. The second-order valence-electron chi connectivity index (χ2n) is 4.14. The number of ether oxygens (including phenoxy) is 1. The molecule has 2 nitrogen and oxygen atoms in total. The van der Waals surface area contributed by atoms with Crippen molar-refractivity contribution in [1.82, 2.24) is 4.90 Å². The van der Waals surface area contributed by atoms with Gasteiger partial charge in [-0.05, 0) is 12.5 Å². The van der Waals surface area contributed by atoms with Gasteiger partial charge in [-0.25, -0.2) is 0 Å². The Labute approximate surface area is 63.2 Å². The number of nitrogens with zero attached hydrogens (tertiary/aromatic N) is 1. The summed E-state index contributed by atoms with van der Waals surface area (Å²) < 4.78 is 5.32. The monoisotopic (exact) mass is 143 g/mol. The van der Waals surface area contributed by atoms with Crippen molar-refractivity contribution in [2.75, 3.05) is 20.4 Å². The van der Waals surface area contributed by atoms with E-state index in [0.29, 0.717) is 11.5 Å². The van der Waals surface area contributed by atoms with E-state index in [9.17, 15) is 0 Å². The van der Waals surface area contributed by atoms with Crippen LogP contribution in [0.15, 0.2) is 0 Å². The molecule has 1 saturated heterocycles. The summed E-state index contributed by atoms with van der Waals surface area (Å²) in [6.07, 6.45) is 0. The van der Waals surface area contributed by atoms with Gasteiger partial charge < -0.3 is 4.74 Å². The lowest BCUT2D eigenvalue weighted by Crippen LogP contribution is -2.38. The summed E-state index contributed by atoms with van der Waals surface area (Å²) in [6.45, 7) is 8.44. The topological polar surface area (TPSA) is 12.5 Å². The summed E-state index contributed by atoms with van der Waals surface area (Å²) in [7, 11) is 2.11. The summed E-state index contributed by atoms with van der Waals surface area (Å²) in [6, 6.07) is 0.590. The zero-order chi connectivity index (χ0) is 7.78. The van der Waals surface area contributed by atoms with Crippen LogP contribution in [0.1, 0.15) is 20.8 Å². The van der Waals surface area contributed by atoms with E-state index in [2.05, 4.69) is 32.7 Å². The Kier molecular flexibility index (Phi) is 2.02. The molecule has 0 radical (unpaired) electrons. The van der Waals surface area contributed by atoms with Gasteiger partial charge in [0.25, 0.3) is 0 Å². The highest BCUT2D eigenvalue weighted by Gasteiger charge is 2.32. The molecule has 0 saturated carbocycles. The minimum Gasteiger partial charge on any atom is -0.364 e. The van der Waals surface area contributed by atoms with Crippen LogP contribution in [0, 0.1) is 5.41 Å². The number of hydrogen-bond donors (Lipinski definition) is 0. The van der Waals surface area contributed by atoms with Crippen LogP contribution in [0.2, 0.25) is 0 Å². The van der Waals surface area contributed by atoms with Gasteiger partial charge in [0.1, 0.15) is 0 Å². The van der Waals surface area contributed by atoms with Crippen LogP contribution < -0.4 is 0 Å². The minimum absolute atomic E-state index is 0.352. The third-order valence-electron chi connectivity index (χ3n) is 2.10. The van der Waals surface area contributed by atoms with Crippen molar-refractivity contribution in [3.8, 4) is 0 Å². The van der Waals surface area contributed by atoms with E-state index in [-0.39, 0.29) is 0 Å². The second kappa shape index (κ2) is 2.51. The van der Waals surface area contributed by atoms with Crippen LogP contribution >= 0.6 is 0 Å². The van der Waals surface area contributed by atoms with E-state index in [1.165, 1.54) is 0 Å². The molecule has 0 spiro atoms. The quantitative estimate of drug-likeness (QED) is 0.507. The van der Waals surface area contributed by atoms with Crippen molar-refractivity contribution >= 4 is 0 Å². The summed E-state index contributed by atoms with van der Waals surface area (Å²) in [4.78, 5) is 2.26. The smallest absolute Gasteiger partial charge is 0.0991 e. The molecule has 1 atom stereocenters. The first kappa shape index (κ1) is 8.02. The summed E-state index contributed by atoms with van der Waals surface area (Å²) >= 11 is 0. The van der Waals surface area contributed by atoms with Crippen LogP contribution in [-0.4, -0.2) is 31.3 Å². The average molecular weight is 143 g/mol. The molecule has 0 bridgehead atoms. The molecule has 0 aromatic rings. The summed E-state index contributed by atoms with van der Waals surface area (Å²) in [5.74, 6) is 0. The molecule has 60 valence electrons. The van der Waals surface area contributed by atoms with Crippen molar-refractivity contribution in [3.05, 3.63) is 0 Å². The second-order valence-corrected chi connectivity index (χ2v) is 4.14. The van der Waals surface area contributed by atoms with Gasteiger partial charge in [0, 0.05) is 6.04 Å². The van der Waals surface area contributed by atoms with Gasteiger partial charge in [-0.15, -0.1) is 0 Å². The van der Waals surface area contributed by atoms with Crippen LogP contribution in [0.25, 0.3) is 0 Å². The summed E-state index contributed by atoms with van der Waals surface area (Å²) in [5.41, 5.74) is 0.352. The zero-order valence-electron chi connectivity index (χ0n) is 7.35. The normalized spacial score (nSPS) is 29.4. The Hall–Kier alpha value is -0.0800. The molecule has 0 aromatic carbocycles. The molecule has 0 aromatic heterocycles. The van der Waals surface area contributed by atoms with Gasteiger partial charge in [-0.1, -0.05) is 20.8 Å². The van der Waals surface area contributed by atoms with Crippen molar-refractivity contribution in [2.45, 2.75) is 26.8 Å². The fourth-order valence-electron chi connectivity index (χ4n) is 1.44. The molecule has 0 aliphatic carbocycles. The van der Waals surface area contributed by atoms with E-state index in [1.807, 2.05) is 0 Å². The maximum atomic E-state index is 5.32. The first-order chi connectivity index (χ1) is 4.52. The van der Waals surface area contributed by atoms with Gasteiger partial charge in [0.15, 0.2) is 0 Å². The molecule has 10 heavy (non-hydrogen) atoms. The van der Waals surface area contributed by atoms with Gasteiger partial charge >= 0.3 is 0 Å². The Morgan fingerprint density at radius 2 is 2.00 bits per heavy atom. The summed E-state index contributed by atoms with van der Waals surface area (Å²) in [5, 5.41) is 0. The molecule has 1 heterocycles. The fourth-order valence-corrected chi connectivity index (χ4v) is 1.44. The van der Waals surface area contributed by atoms with Crippen LogP contribution in [0.3, 0.4) is 0 Å². The first-order valence-electron chi connectivity index (χ1n) is 3.80. The molecule has 1 rings (SSSR count). The molecule has 2 heteroatoms. The molecule has 0 N–H and O–H groups in total. The lowest BCUT2D eigenvalue weighted by atomic mass is 9.87. The highest BCUT2D eigenvalue weighted by molar-refractivity contribution is 4.83. The number of hydrogen-bond acceptors (Lipinski definition) is 2. The van der Waals surface area contributed by atoms with Crippen molar-refractivity contribution in [3.63, 3.8) is 0 Å². The maximum absolute atomic E-state index is 5.32. The fraction of sp³-hybridized carbons (Fsp3) is 1.00. The Balaban J connectivity index is 2.55. The van der Waals surface area contributed by atoms with Crippen LogP contribution in [0.4, 0.5) is 0 Å². The molecule has 0 amide bonds. The van der Waals surface area contributed by atoms with Crippen molar-refractivity contribution in [2.24, 2.45) is 5.41 Å². The maximum Gasteiger partial charge on any atom is 0.0991 e. The highest BCUT2D eigenvalue weighted by Crippen LogP contribution is 2.26. The zero-order valence-corrected chi connectivity index (χ0v) is 7.35. The molecular weight excluding hydrogens is 126 g/mol. The van der Waals surface area contributed by atoms with Crippen molar-refractivity contribution in [1.29, 1.82) is 0 Å². The van der Waals surface area contributed by atoms with Gasteiger partial charge in [0.2, 0.25) is 0 Å². The van der Waals surface area contributed by atoms with Crippen LogP contribution in [0.5, 0.6) is 0 Å². The highest BCUT2D eigenvalue weighted by atomic mass is 16.5. The molecule has 1 aliphatic rings. The largest absolute Gasteiger partial charge is 0.364 e. The van der Waals surface area contributed by atoms with E-state index < -0.39 is 0 Å². The SMILES string of the molecule is CN1COCC1C(C)(C)C. The molecule has 1 unspecified atom stereocenters. The van der Waals surface area contributed by atoms with Gasteiger partial charge in [-0.2, -0.15) is 0 Å². The predicted molar refractivity (Wildman–Crippen MR) is 41.8 cm³/mol. The first-order valence-corrected chi connectivity index (χ1v) is 3.80. The lowest BCUT2D eigenvalue weighted by molar-refractivity contribution is 0.149. The number of likely N-dealkylation sites (N-methyl/N-ethyl adjacent to an activating group) is 1. The van der Waals surface area contributed by atoms with Gasteiger partial charge in [-0.3, -0.25) is 4.90 Å². The third-order valence-corrected chi connectivity index (χ3v) is 2.10. The van der Waals surface area contributed by atoms with Gasteiger partial charge in [0.05, 0.1) is 13.3 Å². The molecule has 1 fully saturated rings. The van der Waals surface area contributed by atoms with E-state index >= 15 is 0 Å². The predicted octanol–water partition coefficient (Wildman–Crippen LogP) is 1.32. The van der Waals surface area contributed by atoms with Crippen LogP contribution in [-0.2, 0) is 4.74 Å². The Morgan fingerprint density at radius 1 is 1.40 bits per heavy atom. The minimum atomic E-state index is 0.352. The standard InChI is InChI=1S/C8H17NO/c1-8(2,3)7-5-10-6-9(7)4/h7H,5-6H2,1-4H3.